The van der Waals surface area contributed by atoms with E-state index in [1.807, 2.05) is 12.1 Å². The van der Waals surface area contributed by atoms with Crippen molar-refractivity contribution in [2.75, 3.05) is 25.0 Å². The van der Waals surface area contributed by atoms with E-state index in [1.165, 1.54) is 19.3 Å². The van der Waals surface area contributed by atoms with Gasteiger partial charge in [0.15, 0.2) is 0 Å². The Morgan fingerprint density at radius 3 is 3.05 bits per heavy atom. The summed E-state index contributed by atoms with van der Waals surface area (Å²) in [5, 5.41) is 6.28. The number of nitrogens with one attached hydrogen (secondary N) is 2. The molecular formula is C15H22ClN3O. The molecule has 1 aromatic rings. The van der Waals surface area contributed by atoms with Crippen molar-refractivity contribution in [2.45, 2.75) is 32.2 Å². The highest BCUT2D eigenvalue weighted by Gasteiger charge is 2.17. The van der Waals surface area contributed by atoms with Gasteiger partial charge in [-0.25, -0.2) is 4.79 Å². The van der Waals surface area contributed by atoms with Gasteiger partial charge in [0.25, 0.3) is 0 Å². The van der Waals surface area contributed by atoms with Gasteiger partial charge < -0.3 is 10.6 Å². The molecule has 0 bridgehead atoms. The predicted octanol–water partition coefficient (Wildman–Crippen LogP) is 3.34. The molecule has 1 aliphatic heterocycles. The molecule has 0 saturated carbocycles. The third-order valence-corrected chi connectivity index (χ3v) is 3.94. The fraction of sp³-hybridized carbons (Fsp3) is 0.533. The highest BCUT2D eigenvalue weighted by Crippen LogP contribution is 2.16. The summed E-state index contributed by atoms with van der Waals surface area (Å²) >= 11 is 5.87. The summed E-state index contributed by atoms with van der Waals surface area (Å²) < 4.78 is 0. The maximum Gasteiger partial charge on any atom is 0.319 e. The van der Waals surface area contributed by atoms with Crippen molar-refractivity contribution in [2.24, 2.45) is 0 Å². The molecule has 2 amide bonds. The van der Waals surface area contributed by atoms with Crippen molar-refractivity contribution >= 4 is 23.3 Å². The van der Waals surface area contributed by atoms with Crippen LogP contribution in [0.3, 0.4) is 0 Å². The average molecular weight is 296 g/mol. The lowest BCUT2D eigenvalue weighted by Gasteiger charge is -2.33. The molecule has 20 heavy (non-hydrogen) atoms. The Morgan fingerprint density at radius 1 is 1.45 bits per heavy atom. The summed E-state index contributed by atoms with van der Waals surface area (Å²) in [6, 6.07) is 7.58. The van der Waals surface area contributed by atoms with Gasteiger partial charge in [-0.2, -0.15) is 0 Å². The van der Waals surface area contributed by atoms with Gasteiger partial charge in [0.2, 0.25) is 0 Å². The van der Waals surface area contributed by atoms with Gasteiger partial charge in [-0.15, -0.1) is 0 Å². The summed E-state index contributed by atoms with van der Waals surface area (Å²) in [6.07, 6.45) is 3.84. The van der Waals surface area contributed by atoms with Crippen LogP contribution in [0, 0.1) is 0 Å². The number of benzene rings is 1. The van der Waals surface area contributed by atoms with Crippen molar-refractivity contribution < 1.29 is 4.79 Å². The topological polar surface area (TPSA) is 44.4 Å². The van der Waals surface area contributed by atoms with E-state index in [1.54, 1.807) is 12.1 Å². The molecular weight excluding hydrogens is 274 g/mol. The summed E-state index contributed by atoms with van der Waals surface area (Å²) in [4.78, 5) is 14.2. The Hall–Kier alpha value is -1.26. The number of likely N-dealkylation sites (tertiary alicyclic amines) is 1. The first-order valence-corrected chi connectivity index (χ1v) is 7.57. The van der Waals surface area contributed by atoms with Crippen LogP contribution in [-0.4, -0.2) is 36.6 Å². The van der Waals surface area contributed by atoms with E-state index in [-0.39, 0.29) is 6.03 Å². The number of piperidine rings is 1. The lowest BCUT2D eigenvalue weighted by atomic mass is 10.0. The van der Waals surface area contributed by atoms with E-state index in [0.29, 0.717) is 23.3 Å². The van der Waals surface area contributed by atoms with Gasteiger partial charge >= 0.3 is 6.03 Å². The SMILES string of the molecule is CC1CCCCN1CCNC(=O)Nc1cccc(Cl)c1. The number of nitrogens with zero attached hydrogens (tertiary/aromatic N) is 1. The second-order valence-electron chi connectivity index (χ2n) is 5.27. The first-order chi connectivity index (χ1) is 9.65. The van der Waals surface area contributed by atoms with Crippen LogP contribution in [0.15, 0.2) is 24.3 Å². The number of carbonyl (C=O) groups is 1. The number of halogens is 1. The smallest absolute Gasteiger partial charge is 0.319 e. The molecule has 1 atom stereocenters. The number of urea groups is 1. The number of anilines is 1. The quantitative estimate of drug-likeness (QED) is 0.895. The lowest BCUT2D eigenvalue weighted by Crippen LogP contribution is -2.43. The van der Waals surface area contributed by atoms with E-state index >= 15 is 0 Å². The fourth-order valence-corrected chi connectivity index (χ4v) is 2.73. The number of amides is 2. The van der Waals surface area contributed by atoms with Gasteiger partial charge in [-0.3, -0.25) is 4.90 Å². The first kappa shape index (κ1) is 15.1. The summed E-state index contributed by atoms with van der Waals surface area (Å²) in [5.74, 6) is 0. The van der Waals surface area contributed by atoms with E-state index < -0.39 is 0 Å². The van der Waals surface area contributed by atoms with E-state index in [4.69, 9.17) is 11.6 Å². The number of hydrogen-bond donors (Lipinski definition) is 2. The highest BCUT2D eigenvalue weighted by molar-refractivity contribution is 6.30. The van der Waals surface area contributed by atoms with Crippen LogP contribution in [-0.2, 0) is 0 Å². The third kappa shape index (κ3) is 4.69. The zero-order chi connectivity index (χ0) is 14.4. The Bertz CT molecular complexity index is 452. The molecule has 110 valence electrons. The molecule has 5 heteroatoms. The molecule has 0 aliphatic carbocycles. The number of hydrogen-bond acceptors (Lipinski definition) is 2. The van der Waals surface area contributed by atoms with Crippen LogP contribution >= 0.6 is 11.6 Å². The number of carbonyl (C=O) groups excluding carboxylic acids is 1. The monoisotopic (exact) mass is 295 g/mol. The van der Waals surface area contributed by atoms with Crippen molar-refractivity contribution in [1.82, 2.24) is 10.2 Å². The maximum atomic E-state index is 11.8. The van der Waals surface area contributed by atoms with E-state index in [0.717, 1.165) is 13.1 Å². The van der Waals surface area contributed by atoms with Crippen LogP contribution in [0.4, 0.5) is 10.5 Å². The Morgan fingerprint density at radius 2 is 2.30 bits per heavy atom. The molecule has 0 spiro atoms. The average Bonchev–Trinajstić information content (AvgIpc) is 2.41. The van der Waals surface area contributed by atoms with Crippen LogP contribution < -0.4 is 10.6 Å². The molecule has 4 nitrogen and oxygen atoms in total. The second-order valence-corrected chi connectivity index (χ2v) is 5.71. The van der Waals surface area contributed by atoms with Crippen molar-refractivity contribution in [3.8, 4) is 0 Å². The van der Waals surface area contributed by atoms with Gasteiger partial charge in [-0.1, -0.05) is 24.1 Å². The summed E-state index contributed by atoms with van der Waals surface area (Å²) in [6.45, 7) is 4.96. The Balaban J connectivity index is 1.70. The third-order valence-electron chi connectivity index (χ3n) is 3.71. The minimum atomic E-state index is -0.183. The first-order valence-electron chi connectivity index (χ1n) is 7.19. The standard InChI is InChI=1S/C15H22ClN3O/c1-12-5-2-3-9-19(12)10-8-17-15(20)18-14-7-4-6-13(16)11-14/h4,6-7,11-12H,2-3,5,8-10H2,1H3,(H2,17,18,20). The molecule has 1 aliphatic rings. The molecule has 2 N–H and O–H groups in total. The lowest BCUT2D eigenvalue weighted by molar-refractivity contribution is 0.162. The van der Waals surface area contributed by atoms with E-state index in [9.17, 15) is 4.79 Å². The highest BCUT2D eigenvalue weighted by atomic mass is 35.5. The summed E-state index contributed by atoms with van der Waals surface area (Å²) in [5.41, 5.74) is 0.710. The van der Waals surface area contributed by atoms with Crippen molar-refractivity contribution in [3.63, 3.8) is 0 Å². The zero-order valence-corrected chi connectivity index (χ0v) is 12.6. The summed E-state index contributed by atoms with van der Waals surface area (Å²) in [7, 11) is 0. The molecule has 0 aromatic heterocycles. The van der Waals surface area contributed by atoms with E-state index in [2.05, 4.69) is 22.5 Å². The zero-order valence-electron chi connectivity index (χ0n) is 11.9. The maximum absolute atomic E-state index is 11.8. The van der Waals surface area contributed by atoms with Gasteiger partial charge in [0.1, 0.15) is 0 Å². The van der Waals surface area contributed by atoms with Crippen molar-refractivity contribution in [3.05, 3.63) is 29.3 Å². The molecule has 1 unspecified atom stereocenters. The predicted molar refractivity (Wildman–Crippen MR) is 83.4 cm³/mol. The second kappa shape index (κ2) is 7.50. The molecule has 1 saturated heterocycles. The van der Waals surface area contributed by atoms with Gasteiger partial charge in [-0.05, 0) is 44.5 Å². The Labute approximate surface area is 125 Å². The molecule has 1 aromatic carbocycles. The van der Waals surface area contributed by atoms with Crippen LogP contribution in [0.5, 0.6) is 0 Å². The normalized spacial score (nSPS) is 19.6. The molecule has 2 rings (SSSR count). The van der Waals surface area contributed by atoms with Gasteiger partial charge in [0, 0.05) is 29.8 Å². The minimum Gasteiger partial charge on any atom is -0.337 e. The van der Waals surface area contributed by atoms with Gasteiger partial charge in [0.05, 0.1) is 0 Å². The largest absolute Gasteiger partial charge is 0.337 e. The minimum absolute atomic E-state index is 0.183. The molecule has 1 heterocycles. The van der Waals surface area contributed by atoms with Crippen LogP contribution in [0.1, 0.15) is 26.2 Å². The fourth-order valence-electron chi connectivity index (χ4n) is 2.54. The molecule has 0 radical (unpaired) electrons. The van der Waals surface area contributed by atoms with Crippen LogP contribution in [0.2, 0.25) is 5.02 Å². The van der Waals surface area contributed by atoms with Crippen LogP contribution in [0.25, 0.3) is 0 Å². The van der Waals surface area contributed by atoms with Crippen molar-refractivity contribution in [1.29, 1.82) is 0 Å². The molecule has 1 fully saturated rings. The number of rotatable bonds is 4. The Kier molecular flexibility index (Phi) is 5.68.